The van der Waals surface area contributed by atoms with Gasteiger partial charge in [-0.1, -0.05) is 24.3 Å². The Balaban J connectivity index is 2.47. The minimum Gasteiger partial charge on any atom is -0.316 e. The number of amides is 1. The fraction of sp³-hybridized carbons (Fsp3) is 0.182. The number of rotatable bonds is 2. The number of benzene rings is 1. The van der Waals surface area contributed by atoms with Crippen molar-refractivity contribution in [3.8, 4) is 0 Å². The minimum atomic E-state index is -0.508. The third-order valence-corrected chi connectivity index (χ3v) is 2.41. The van der Waals surface area contributed by atoms with Crippen LogP contribution in [0.25, 0.3) is 0 Å². The summed E-state index contributed by atoms with van der Waals surface area (Å²) in [4.78, 5) is 13.4. The van der Waals surface area contributed by atoms with Gasteiger partial charge in [0.05, 0.1) is 0 Å². The van der Waals surface area contributed by atoms with Gasteiger partial charge in [-0.2, -0.15) is 0 Å². The van der Waals surface area contributed by atoms with Crippen LogP contribution in [0, 0.1) is 0 Å². The predicted octanol–water partition coefficient (Wildman–Crippen LogP) is 1.22. The lowest BCUT2D eigenvalue weighted by Crippen LogP contribution is -2.31. The molecule has 0 fully saturated rings. The van der Waals surface area contributed by atoms with Crippen molar-refractivity contribution in [1.29, 1.82) is 0 Å². The summed E-state index contributed by atoms with van der Waals surface area (Å²) >= 11 is 0. The smallest absolute Gasteiger partial charge is 0.248 e. The van der Waals surface area contributed by atoms with Gasteiger partial charge in [0, 0.05) is 17.8 Å². The molecule has 0 aromatic heterocycles. The van der Waals surface area contributed by atoms with Gasteiger partial charge in [0.25, 0.3) is 0 Å². The van der Waals surface area contributed by atoms with Gasteiger partial charge in [-0.25, -0.2) is 0 Å². The molecule has 0 radical (unpaired) electrons. The zero-order valence-electron chi connectivity index (χ0n) is 7.81. The van der Waals surface area contributed by atoms with Crippen LogP contribution in [-0.4, -0.2) is 12.5 Å². The number of para-hydroxylation sites is 1. The van der Waals surface area contributed by atoms with Crippen molar-refractivity contribution in [2.75, 3.05) is 11.4 Å². The first-order chi connectivity index (χ1) is 6.75. The van der Waals surface area contributed by atoms with E-state index in [-0.39, 0.29) is 5.91 Å². The average molecular weight is 188 g/mol. The van der Waals surface area contributed by atoms with E-state index in [0.717, 1.165) is 11.3 Å². The van der Waals surface area contributed by atoms with Gasteiger partial charge in [-0.05, 0) is 6.07 Å². The van der Waals surface area contributed by atoms with E-state index in [2.05, 4.69) is 6.58 Å². The molecule has 2 rings (SSSR count). The lowest BCUT2D eigenvalue weighted by Gasteiger charge is -2.14. The van der Waals surface area contributed by atoms with E-state index in [9.17, 15) is 4.79 Å². The Morgan fingerprint density at radius 1 is 1.50 bits per heavy atom. The zero-order valence-corrected chi connectivity index (χ0v) is 7.81. The highest BCUT2D eigenvalue weighted by molar-refractivity contribution is 6.04. The van der Waals surface area contributed by atoms with Gasteiger partial charge in [0.1, 0.15) is 6.04 Å². The Hall–Kier alpha value is -1.61. The summed E-state index contributed by atoms with van der Waals surface area (Å²) in [7, 11) is 0. The molecule has 1 amide bonds. The molecule has 0 saturated heterocycles. The monoisotopic (exact) mass is 188 g/mol. The van der Waals surface area contributed by atoms with Crippen LogP contribution in [-0.2, 0) is 4.79 Å². The Kier molecular flexibility index (Phi) is 2.09. The molecule has 0 aliphatic carbocycles. The summed E-state index contributed by atoms with van der Waals surface area (Å²) in [6, 6.07) is 7.08. The molecule has 3 nitrogen and oxygen atoms in total. The largest absolute Gasteiger partial charge is 0.316 e. The van der Waals surface area contributed by atoms with E-state index >= 15 is 0 Å². The molecule has 14 heavy (non-hydrogen) atoms. The maximum atomic E-state index is 11.7. The Morgan fingerprint density at radius 2 is 2.21 bits per heavy atom. The molecule has 1 aromatic carbocycles. The first-order valence-electron chi connectivity index (χ1n) is 4.52. The molecular formula is C11H12N2O. The summed E-state index contributed by atoms with van der Waals surface area (Å²) in [5.74, 6) is -0.0499. The molecule has 3 heteroatoms. The van der Waals surface area contributed by atoms with E-state index in [4.69, 9.17) is 5.73 Å². The maximum Gasteiger partial charge on any atom is 0.248 e. The quantitative estimate of drug-likeness (QED) is 0.709. The number of nitrogens with two attached hydrogens (primary N) is 1. The number of hydrogen-bond donors (Lipinski definition) is 1. The molecular weight excluding hydrogens is 176 g/mol. The number of carbonyl (C=O) groups excluding carboxylic acids is 1. The fourth-order valence-electron chi connectivity index (χ4n) is 1.73. The second-order valence-corrected chi connectivity index (χ2v) is 3.27. The SMILES string of the molecule is C=CCN1C(=O)[C@H](N)c2ccccc21. The van der Waals surface area contributed by atoms with Gasteiger partial charge in [0.2, 0.25) is 5.91 Å². The van der Waals surface area contributed by atoms with Crippen molar-refractivity contribution < 1.29 is 4.79 Å². The van der Waals surface area contributed by atoms with Crippen LogP contribution in [0.1, 0.15) is 11.6 Å². The van der Waals surface area contributed by atoms with Crippen molar-refractivity contribution >= 4 is 11.6 Å². The molecule has 0 bridgehead atoms. The molecule has 0 unspecified atom stereocenters. The van der Waals surface area contributed by atoms with Crippen LogP contribution in [0.2, 0.25) is 0 Å². The van der Waals surface area contributed by atoms with Gasteiger partial charge < -0.3 is 10.6 Å². The van der Waals surface area contributed by atoms with Crippen molar-refractivity contribution in [3.63, 3.8) is 0 Å². The molecule has 0 saturated carbocycles. The van der Waals surface area contributed by atoms with Gasteiger partial charge in [0.15, 0.2) is 0 Å². The second-order valence-electron chi connectivity index (χ2n) is 3.27. The summed E-state index contributed by atoms with van der Waals surface area (Å²) in [6.45, 7) is 4.14. The molecule has 72 valence electrons. The van der Waals surface area contributed by atoms with Crippen LogP contribution in [0.4, 0.5) is 5.69 Å². The predicted molar refractivity (Wildman–Crippen MR) is 55.9 cm³/mol. The zero-order chi connectivity index (χ0) is 10.1. The molecule has 1 aliphatic heterocycles. The van der Waals surface area contributed by atoms with E-state index in [1.54, 1.807) is 11.0 Å². The second kappa shape index (κ2) is 3.27. The first-order valence-corrected chi connectivity index (χ1v) is 4.52. The van der Waals surface area contributed by atoms with Gasteiger partial charge in [-0.3, -0.25) is 4.79 Å². The summed E-state index contributed by atoms with van der Waals surface area (Å²) in [5.41, 5.74) is 7.59. The third kappa shape index (κ3) is 1.14. The Morgan fingerprint density at radius 3 is 2.93 bits per heavy atom. The first kappa shape index (κ1) is 8.97. The molecule has 1 aromatic rings. The molecule has 2 N–H and O–H groups in total. The lowest BCUT2D eigenvalue weighted by atomic mass is 10.1. The van der Waals surface area contributed by atoms with Crippen LogP contribution in [0.15, 0.2) is 36.9 Å². The standard InChI is InChI=1S/C11H12N2O/c1-2-7-13-9-6-4-3-5-8(9)10(12)11(13)14/h2-6,10H,1,7,12H2/t10-/m1/s1. The summed E-state index contributed by atoms with van der Waals surface area (Å²) in [5, 5.41) is 0. The number of carbonyl (C=O) groups is 1. The van der Waals surface area contributed by atoms with Crippen molar-refractivity contribution in [3.05, 3.63) is 42.5 Å². The molecule has 1 atom stereocenters. The summed E-state index contributed by atoms with van der Waals surface area (Å²) in [6.07, 6.45) is 1.70. The van der Waals surface area contributed by atoms with Crippen LogP contribution in [0.3, 0.4) is 0 Å². The van der Waals surface area contributed by atoms with Crippen molar-refractivity contribution in [1.82, 2.24) is 0 Å². The molecule has 0 spiro atoms. The van der Waals surface area contributed by atoms with E-state index in [1.165, 1.54) is 0 Å². The lowest BCUT2D eigenvalue weighted by molar-refractivity contribution is -0.119. The van der Waals surface area contributed by atoms with Crippen LogP contribution in [0.5, 0.6) is 0 Å². The fourth-order valence-corrected chi connectivity index (χ4v) is 1.73. The number of fused-ring (bicyclic) bond motifs is 1. The molecule has 1 heterocycles. The molecule has 1 aliphatic rings. The minimum absolute atomic E-state index is 0.0499. The van der Waals surface area contributed by atoms with E-state index in [0.29, 0.717) is 6.54 Å². The Labute approximate surface area is 82.8 Å². The third-order valence-electron chi connectivity index (χ3n) is 2.41. The number of nitrogens with zero attached hydrogens (tertiary/aromatic N) is 1. The normalized spacial score (nSPS) is 19.6. The topological polar surface area (TPSA) is 46.3 Å². The number of anilines is 1. The van der Waals surface area contributed by atoms with Crippen LogP contribution >= 0.6 is 0 Å². The highest BCUT2D eigenvalue weighted by Crippen LogP contribution is 2.33. The maximum absolute atomic E-state index is 11.7. The average Bonchev–Trinajstić information content (AvgIpc) is 2.45. The van der Waals surface area contributed by atoms with Crippen molar-refractivity contribution in [2.24, 2.45) is 5.73 Å². The summed E-state index contributed by atoms with van der Waals surface area (Å²) < 4.78 is 0. The Bertz CT molecular complexity index is 387. The van der Waals surface area contributed by atoms with Crippen molar-refractivity contribution in [2.45, 2.75) is 6.04 Å². The van der Waals surface area contributed by atoms with Gasteiger partial charge >= 0.3 is 0 Å². The van der Waals surface area contributed by atoms with E-state index in [1.807, 2.05) is 24.3 Å². The van der Waals surface area contributed by atoms with Gasteiger partial charge in [-0.15, -0.1) is 6.58 Å². The van der Waals surface area contributed by atoms with Crippen LogP contribution < -0.4 is 10.6 Å². The number of hydrogen-bond acceptors (Lipinski definition) is 2. The van der Waals surface area contributed by atoms with E-state index < -0.39 is 6.04 Å². The highest BCUT2D eigenvalue weighted by Gasteiger charge is 2.33. The highest BCUT2D eigenvalue weighted by atomic mass is 16.2.